The van der Waals surface area contributed by atoms with Crippen molar-refractivity contribution in [2.45, 2.75) is 12.8 Å². The molecule has 6 nitrogen and oxygen atoms in total. The van der Waals surface area contributed by atoms with Crippen LogP contribution < -0.4 is 10.2 Å². The molecule has 25 heavy (non-hydrogen) atoms. The molecule has 1 amide bonds. The molecule has 0 radical (unpaired) electrons. The van der Waals surface area contributed by atoms with E-state index in [1.54, 1.807) is 5.48 Å². The van der Waals surface area contributed by atoms with Crippen molar-refractivity contribution in [3.8, 4) is 17.2 Å². The van der Waals surface area contributed by atoms with Crippen LogP contribution in [0.1, 0.15) is 12.8 Å². The van der Waals surface area contributed by atoms with Crippen molar-refractivity contribution in [3.63, 3.8) is 0 Å². The van der Waals surface area contributed by atoms with Crippen LogP contribution in [-0.4, -0.2) is 22.7 Å². The van der Waals surface area contributed by atoms with Crippen molar-refractivity contribution in [1.29, 1.82) is 0 Å². The Hall–Kier alpha value is -1.90. The molecule has 0 fully saturated rings. The SMILES string of the molecule is O=C(CCCOc1c(Br)cc(-c2nc3ccccc3o2)cc1Br)NO. The van der Waals surface area contributed by atoms with E-state index in [0.717, 1.165) is 25.6 Å². The molecule has 0 spiro atoms. The van der Waals surface area contributed by atoms with E-state index in [1.165, 1.54) is 0 Å². The summed E-state index contributed by atoms with van der Waals surface area (Å²) in [6.07, 6.45) is 0.672. The number of para-hydroxylation sites is 2. The number of carbonyl (C=O) groups excluding carboxylic acids is 1. The highest BCUT2D eigenvalue weighted by molar-refractivity contribution is 9.11. The van der Waals surface area contributed by atoms with Gasteiger partial charge in [-0.1, -0.05) is 12.1 Å². The molecular weight excluding hydrogens is 456 g/mol. The molecule has 3 rings (SSSR count). The summed E-state index contributed by atoms with van der Waals surface area (Å²) in [4.78, 5) is 15.5. The van der Waals surface area contributed by atoms with Crippen LogP contribution in [0, 0.1) is 0 Å². The summed E-state index contributed by atoms with van der Waals surface area (Å²) in [5, 5.41) is 8.46. The number of nitrogens with zero attached hydrogens (tertiary/aromatic N) is 1. The van der Waals surface area contributed by atoms with Gasteiger partial charge in [-0.3, -0.25) is 10.0 Å². The lowest BCUT2D eigenvalue weighted by Gasteiger charge is -2.11. The summed E-state index contributed by atoms with van der Waals surface area (Å²) in [6.45, 7) is 0.340. The molecule has 0 aliphatic heterocycles. The average molecular weight is 470 g/mol. The first kappa shape index (κ1) is 17.9. The van der Waals surface area contributed by atoms with E-state index < -0.39 is 5.91 Å². The molecule has 0 saturated carbocycles. The van der Waals surface area contributed by atoms with E-state index in [2.05, 4.69) is 36.8 Å². The number of ether oxygens (including phenoxy) is 1. The van der Waals surface area contributed by atoms with Crippen molar-refractivity contribution in [2.24, 2.45) is 0 Å². The molecule has 2 N–H and O–H groups in total. The smallest absolute Gasteiger partial charge is 0.243 e. The van der Waals surface area contributed by atoms with Gasteiger partial charge < -0.3 is 9.15 Å². The van der Waals surface area contributed by atoms with Crippen LogP contribution in [0.15, 0.2) is 49.8 Å². The minimum Gasteiger partial charge on any atom is -0.491 e. The first-order valence-corrected chi connectivity index (χ1v) is 9.08. The molecule has 0 atom stereocenters. The summed E-state index contributed by atoms with van der Waals surface area (Å²) >= 11 is 6.98. The number of oxazole rings is 1. The normalized spacial score (nSPS) is 10.8. The maximum atomic E-state index is 11.0. The van der Waals surface area contributed by atoms with Gasteiger partial charge in [-0.25, -0.2) is 10.5 Å². The molecule has 1 heterocycles. The maximum Gasteiger partial charge on any atom is 0.243 e. The fourth-order valence-corrected chi connectivity index (χ4v) is 3.70. The van der Waals surface area contributed by atoms with Gasteiger partial charge in [0.2, 0.25) is 11.8 Å². The van der Waals surface area contributed by atoms with Gasteiger partial charge in [-0.15, -0.1) is 0 Å². The molecular formula is C17H14Br2N2O4. The van der Waals surface area contributed by atoms with Gasteiger partial charge in [0.15, 0.2) is 5.58 Å². The van der Waals surface area contributed by atoms with Crippen LogP contribution in [0.4, 0.5) is 0 Å². The first-order valence-electron chi connectivity index (χ1n) is 7.49. The first-order chi connectivity index (χ1) is 12.1. The van der Waals surface area contributed by atoms with E-state index in [1.807, 2.05) is 36.4 Å². The summed E-state index contributed by atoms with van der Waals surface area (Å²) < 4.78 is 13.0. The third-order valence-corrected chi connectivity index (χ3v) is 4.64. The lowest BCUT2D eigenvalue weighted by Crippen LogP contribution is -2.18. The number of halogens is 2. The second kappa shape index (κ2) is 7.99. The van der Waals surface area contributed by atoms with Crippen LogP contribution in [0.2, 0.25) is 0 Å². The van der Waals surface area contributed by atoms with E-state index >= 15 is 0 Å². The molecule has 0 saturated heterocycles. The number of fused-ring (bicyclic) bond motifs is 1. The second-order valence-corrected chi connectivity index (χ2v) is 6.95. The molecule has 3 aromatic rings. The molecule has 0 unspecified atom stereocenters. The van der Waals surface area contributed by atoms with Crippen LogP contribution in [0.5, 0.6) is 5.75 Å². The number of carbonyl (C=O) groups is 1. The van der Waals surface area contributed by atoms with Crippen LogP contribution in [0.25, 0.3) is 22.6 Å². The third-order valence-electron chi connectivity index (χ3n) is 3.46. The van der Waals surface area contributed by atoms with E-state index in [4.69, 9.17) is 14.4 Å². The van der Waals surface area contributed by atoms with Gasteiger partial charge in [-0.2, -0.15) is 0 Å². The molecule has 2 aromatic carbocycles. The minimum absolute atomic E-state index is 0.187. The summed E-state index contributed by atoms with van der Waals surface area (Å²) in [5.41, 5.74) is 3.93. The number of hydroxylamine groups is 1. The quantitative estimate of drug-likeness (QED) is 0.311. The fraction of sp³-hybridized carbons (Fsp3) is 0.176. The number of amides is 1. The molecule has 130 valence electrons. The van der Waals surface area contributed by atoms with Crippen molar-refractivity contribution in [1.82, 2.24) is 10.5 Å². The zero-order valence-corrected chi connectivity index (χ0v) is 16.1. The van der Waals surface area contributed by atoms with Gasteiger partial charge in [0.1, 0.15) is 11.3 Å². The van der Waals surface area contributed by atoms with Crippen LogP contribution in [0.3, 0.4) is 0 Å². The fourth-order valence-electron chi connectivity index (χ4n) is 2.28. The number of aromatic nitrogens is 1. The number of benzene rings is 2. The second-order valence-electron chi connectivity index (χ2n) is 5.24. The van der Waals surface area contributed by atoms with Gasteiger partial charge in [-0.05, 0) is 62.5 Å². The lowest BCUT2D eigenvalue weighted by molar-refractivity contribution is -0.129. The average Bonchev–Trinajstić information content (AvgIpc) is 3.04. The zero-order valence-electron chi connectivity index (χ0n) is 13.0. The Morgan fingerprint density at radius 2 is 1.96 bits per heavy atom. The Balaban J connectivity index is 1.76. The Morgan fingerprint density at radius 1 is 1.24 bits per heavy atom. The number of rotatable bonds is 6. The number of hydrogen-bond acceptors (Lipinski definition) is 5. The Labute approximate surface area is 160 Å². The van der Waals surface area contributed by atoms with Gasteiger partial charge in [0.25, 0.3) is 0 Å². The Kier molecular flexibility index (Phi) is 5.72. The lowest BCUT2D eigenvalue weighted by atomic mass is 10.2. The predicted molar refractivity (Wildman–Crippen MR) is 99.5 cm³/mol. The topological polar surface area (TPSA) is 84.6 Å². The molecule has 0 aliphatic carbocycles. The Morgan fingerprint density at radius 3 is 2.64 bits per heavy atom. The van der Waals surface area contributed by atoms with Crippen LogP contribution >= 0.6 is 31.9 Å². The van der Waals surface area contributed by atoms with E-state index in [9.17, 15) is 4.79 Å². The highest BCUT2D eigenvalue weighted by Crippen LogP contribution is 2.38. The monoisotopic (exact) mass is 468 g/mol. The van der Waals surface area contributed by atoms with E-state index in [-0.39, 0.29) is 6.42 Å². The van der Waals surface area contributed by atoms with Gasteiger partial charge in [0, 0.05) is 12.0 Å². The largest absolute Gasteiger partial charge is 0.491 e. The molecule has 0 bridgehead atoms. The minimum atomic E-state index is -0.437. The molecule has 0 aliphatic rings. The van der Waals surface area contributed by atoms with Crippen molar-refractivity contribution < 1.29 is 19.2 Å². The van der Waals surface area contributed by atoms with Crippen LogP contribution in [-0.2, 0) is 4.79 Å². The maximum absolute atomic E-state index is 11.0. The van der Waals surface area contributed by atoms with Gasteiger partial charge >= 0.3 is 0 Å². The van der Waals surface area contributed by atoms with Crippen molar-refractivity contribution in [3.05, 3.63) is 45.3 Å². The number of hydrogen-bond donors (Lipinski definition) is 2. The summed E-state index contributed by atoms with van der Waals surface area (Å²) in [6, 6.07) is 11.3. The summed E-state index contributed by atoms with van der Waals surface area (Å²) in [7, 11) is 0. The molecule has 8 heteroatoms. The zero-order chi connectivity index (χ0) is 17.8. The molecule has 1 aromatic heterocycles. The predicted octanol–water partition coefficient (Wildman–Crippen LogP) is 4.68. The number of nitrogens with one attached hydrogen (secondary N) is 1. The third kappa shape index (κ3) is 4.20. The Bertz CT molecular complexity index is 855. The highest BCUT2D eigenvalue weighted by atomic mass is 79.9. The standard InChI is InChI=1S/C17H14Br2N2O4/c18-11-8-10(17-20-13-4-1-2-5-14(13)25-17)9-12(19)16(11)24-7-3-6-15(22)21-23/h1-2,4-5,8-9,23H,3,6-7H2,(H,21,22). The van der Waals surface area contributed by atoms with E-state index in [0.29, 0.717) is 24.7 Å². The van der Waals surface area contributed by atoms with Crippen molar-refractivity contribution >= 4 is 48.9 Å². The highest BCUT2D eigenvalue weighted by Gasteiger charge is 2.14. The van der Waals surface area contributed by atoms with Gasteiger partial charge in [0.05, 0.1) is 15.6 Å². The van der Waals surface area contributed by atoms with Crippen molar-refractivity contribution in [2.75, 3.05) is 6.61 Å². The summed E-state index contributed by atoms with van der Waals surface area (Å²) in [5.74, 6) is 0.714.